The highest BCUT2D eigenvalue weighted by molar-refractivity contribution is 5.94. The van der Waals surface area contributed by atoms with Crippen molar-refractivity contribution in [2.45, 2.75) is 25.5 Å². The zero-order chi connectivity index (χ0) is 16.1. The number of carbonyl (C=O) groups is 1. The van der Waals surface area contributed by atoms with Crippen molar-refractivity contribution in [3.8, 4) is 5.75 Å². The van der Waals surface area contributed by atoms with Crippen LogP contribution in [0.4, 0.5) is 0 Å². The van der Waals surface area contributed by atoms with E-state index < -0.39 is 0 Å². The first-order chi connectivity index (χ1) is 11.2. The average Bonchev–Trinajstić information content (AvgIpc) is 3.08. The lowest BCUT2D eigenvalue weighted by Crippen LogP contribution is -2.36. The van der Waals surface area contributed by atoms with E-state index in [1.54, 1.807) is 35.5 Å². The van der Waals surface area contributed by atoms with Gasteiger partial charge in [-0.25, -0.2) is 0 Å². The van der Waals surface area contributed by atoms with Crippen LogP contribution in [-0.4, -0.2) is 40.2 Å². The van der Waals surface area contributed by atoms with Gasteiger partial charge in [-0.3, -0.25) is 9.78 Å². The number of ether oxygens (including phenoxy) is 1. The van der Waals surface area contributed by atoms with E-state index in [2.05, 4.69) is 4.98 Å². The number of benzene rings is 1. The van der Waals surface area contributed by atoms with Crippen LogP contribution in [0, 0.1) is 0 Å². The molecule has 23 heavy (non-hydrogen) atoms. The quantitative estimate of drug-likeness (QED) is 0.922. The normalized spacial score (nSPS) is 17.1. The standard InChI is InChI=1S/C18H20N2O3/c21-16-4-1-3-15(11-16)18(22)20(13-17-5-2-10-23-17)12-14-6-8-19-9-7-14/h1,3-4,6-9,11,17,21H,2,5,10,12-13H2. The first kappa shape index (κ1) is 15.5. The largest absolute Gasteiger partial charge is 0.508 e. The summed E-state index contributed by atoms with van der Waals surface area (Å²) >= 11 is 0. The van der Waals surface area contributed by atoms with Crippen molar-refractivity contribution in [1.29, 1.82) is 0 Å². The molecule has 1 aromatic carbocycles. The molecule has 0 spiro atoms. The second-order valence-electron chi connectivity index (χ2n) is 5.73. The fourth-order valence-corrected chi connectivity index (χ4v) is 2.78. The van der Waals surface area contributed by atoms with E-state index in [-0.39, 0.29) is 17.8 Å². The van der Waals surface area contributed by atoms with Gasteiger partial charge >= 0.3 is 0 Å². The molecule has 1 N–H and O–H groups in total. The lowest BCUT2D eigenvalue weighted by molar-refractivity contribution is 0.0507. The molecule has 5 heteroatoms. The third-order valence-electron chi connectivity index (χ3n) is 3.95. The van der Waals surface area contributed by atoms with Crippen LogP contribution < -0.4 is 0 Å². The Morgan fingerprint density at radius 1 is 1.30 bits per heavy atom. The van der Waals surface area contributed by atoms with Crippen molar-refractivity contribution in [2.75, 3.05) is 13.2 Å². The summed E-state index contributed by atoms with van der Waals surface area (Å²) in [7, 11) is 0. The van der Waals surface area contributed by atoms with E-state index in [9.17, 15) is 9.90 Å². The highest BCUT2D eigenvalue weighted by atomic mass is 16.5. The first-order valence-corrected chi connectivity index (χ1v) is 7.81. The van der Waals surface area contributed by atoms with Crippen LogP contribution in [0.2, 0.25) is 0 Å². The van der Waals surface area contributed by atoms with Crippen LogP contribution >= 0.6 is 0 Å². The Kier molecular flexibility index (Phi) is 4.88. The monoisotopic (exact) mass is 312 g/mol. The molecule has 3 rings (SSSR count). The van der Waals surface area contributed by atoms with E-state index in [1.807, 2.05) is 12.1 Å². The van der Waals surface area contributed by atoms with E-state index in [1.165, 1.54) is 6.07 Å². The Hall–Kier alpha value is -2.40. The number of amides is 1. The first-order valence-electron chi connectivity index (χ1n) is 7.81. The highest BCUT2D eigenvalue weighted by Crippen LogP contribution is 2.19. The average molecular weight is 312 g/mol. The Morgan fingerprint density at radius 2 is 2.13 bits per heavy atom. The molecule has 120 valence electrons. The summed E-state index contributed by atoms with van der Waals surface area (Å²) in [5.41, 5.74) is 1.50. The smallest absolute Gasteiger partial charge is 0.254 e. The van der Waals surface area contributed by atoms with Gasteiger partial charge in [0.05, 0.1) is 6.10 Å². The van der Waals surface area contributed by atoms with E-state index >= 15 is 0 Å². The minimum absolute atomic E-state index is 0.0816. The maximum atomic E-state index is 12.8. The molecule has 5 nitrogen and oxygen atoms in total. The van der Waals surface area contributed by atoms with Crippen molar-refractivity contribution in [3.63, 3.8) is 0 Å². The summed E-state index contributed by atoms with van der Waals surface area (Å²) in [5.74, 6) is -0.00922. The Bertz CT molecular complexity index is 654. The van der Waals surface area contributed by atoms with E-state index in [0.717, 1.165) is 25.0 Å². The van der Waals surface area contributed by atoms with Gasteiger partial charge in [0.15, 0.2) is 0 Å². The second-order valence-corrected chi connectivity index (χ2v) is 5.73. The molecule has 1 aliphatic rings. The zero-order valence-corrected chi connectivity index (χ0v) is 12.9. The van der Waals surface area contributed by atoms with E-state index in [4.69, 9.17) is 4.74 Å². The Balaban J connectivity index is 1.79. The van der Waals surface area contributed by atoms with Gasteiger partial charge in [-0.1, -0.05) is 6.07 Å². The predicted molar refractivity (Wildman–Crippen MR) is 86.1 cm³/mol. The summed E-state index contributed by atoms with van der Waals surface area (Å²) in [6, 6.07) is 10.3. The Morgan fingerprint density at radius 3 is 2.83 bits per heavy atom. The number of aromatic nitrogens is 1. The molecule has 1 fully saturated rings. The van der Waals surface area contributed by atoms with Crippen LogP contribution in [0.5, 0.6) is 5.75 Å². The van der Waals surface area contributed by atoms with Gasteiger partial charge in [0.25, 0.3) is 5.91 Å². The summed E-state index contributed by atoms with van der Waals surface area (Å²) in [6.07, 6.45) is 5.53. The molecular weight excluding hydrogens is 292 g/mol. The molecular formula is C18H20N2O3. The lowest BCUT2D eigenvalue weighted by Gasteiger charge is -2.25. The SMILES string of the molecule is O=C(c1cccc(O)c1)N(Cc1ccncc1)CC1CCCO1. The van der Waals surface area contributed by atoms with Crippen LogP contribution in [0.1, 0.15) is 28.8 Å². The number of aromatic hydroxyl groups is 1. The third-order valence-corrected chi connectivity index (χ3v) is 3.95. The maximum Gasteiger partial charge on any atom is 0.254 e. The number of hydrogen-bond acceptors (Lipinski definition) is 4. The fourth-order valence-electron chi connectivity index (χ4n) is 2.78. The predicted octanol–water partition coefficient (Wildman–Crippen LogP) is 2.61. The van der Waals surface area contributed by atoms with Crippen molar-refractivity contribution in [2.24, 2.45) is 0 Å². The molecule has 0 radical (unpaired) electrons. The molecule has 1 atom stereocenters. The number of nitrogens with zero attached hydrogens (tertiary/aromatic N) is 2. The second kappa shape index (κ2) is 7.24. The number of phenols is 1. The summed E-state index contributed by atoms with van der Waals surface area (Å²) in [5, 5.41) is 9.61. The molecule has 0 saturated carbocycles. The minimum Gasteiger partial charge on any atom is -0.508 e. The molecule has 2 aromatic rings. The van der Waals surface area contributed by atoms with Crippen molar-refractivity contribution < 1.29 is 14.6 Å². The molecule has 1 unspecified atom stereocenters. The number of pyridine rings is 1. The maximum absolute atomic E-state index is 12.8. The lowest BCUT2D eigenvalue weighted by atomic mass is 10.1. The van der Waals surface area contributed by atoms with Gasteiger partial charge in [-0.2, -0.15) is 0 Å². The molecule has 2 heterocycles. The van der Waals surface area contributed by atoms with E-state index in [0.29, 0.717) is 18.7 Å². The fraction of sp³-hybridized carbons (Fsp3) is 0.333. The van der Waals surface area contributed by atoms with Crippen LogP contribution in [0.25, 0.3) is 0 Å². The molecule has 1 amide bonds. The molecule has 1 aromatic heterocycles. The summed E-state index contributed by atoms with van der Waals surface area (Å²) in [6.45, 7) is 1.81. The number of hydrogen-bond donors (Lipinski definition) is 1. The number of carbonyl (C=O) groups excluding carboxylic acids is 1. The molecule has 0 aliphatic carbocycles. The minimum atomic E-state index is -0.104. The van der Waals surface area contributed by atoms with Gasteiger partial charge in [0.2, 0.25) is 0 Å². The topological polar surface area (TPSA) is 62.7 Å². The molecule has 0 bridgehead atoms. The van der Waals surface area contributed by atoms with Crippen LogP contribution in [0.15, 0.2) is 48.8 Å². The Labute approximate surface area is 135 Å². The van der Waals surface area contributed by atoms with Gasteiger partial charge in [0, 0.05) is 37.7 Å². The zero-order valence-electron chi connectivity index (χ0n) is 12.9. The summed E-state index contributed by atoms with van der Waals surface area (Å²) in [4.78, 5) is 18.6. The van der Waals surface area contributed by atoms with Gasteiger partial charge < -0.3 is 14.7 Å². The molecule has 1 saturated heterocycles. The molecule has 1 aliphatic heterocycles. The van der Waals surface area contributed by atoms with Crippen molar-refractivity contribution >= 4 is 5.91 Å². The van der Waals surface area contributed by atoms with Crippen LogP contribution in [-0.2, 0) is 11.3 Å². The van der Waals surface area contributed by atoms with Crippen molar-refractivity contribution in [1.82, 2.24) is 9.88 Å². The number of rotatable bonds is 5. The van der Waals surface area contributed by atoms with Gasteiger partial charge in [0.1, 0.15) is 5.75 Å². The summed E-state index contributed by atoms with van der Waals surface area (Å²) < 4.78 is 5.68. The third kappa shape index (κ3) is 4.07. The van der Waals surface area contributed by atoms with Crippen LogP contribution in [0.3, 0.4) is 0 Å². The van der Waals surface area contributed by atoms with Gasteiger partial charge in [-0.05, 0) is 48.7 Å². The number of phenolic OH excluding ortho intramolecular Hbond substituents is 1. The van der Waals surface area contributed by atoms with Crippen molar-refractivity contribution in [3.05, 3.63) is 59.9 Å². The highest BCUT2D eigenvalue weighted by Gasteiger charge is 2.23. The van der Waals surface area contributed by atoms with Gasteiger partial charge in [-0.15, -0.1) is 0 Å².